The minimum atomic E-state index is -0.155. The van der Waals surface area contributed by atoms with Crippen molar-refractivity contribution < 1.29 is 9.47 Å². The molecular weight excluding hydrogens is 200 g/mol. The van der Waals surface area contributed by atoms with Crippen LogP contribution < -0.4 is 0 Å². The van der Waals surface area contributed by atoms with Gasteiger partial charge in [0.25, 0.3) is 0 Å². The van der Waals surface area contributed by atoms with E-state index >= 15 is 0 Å². The van der Waals surface area contributed by atoms with Gasteiger partial charge in [0.05, 0.1) is 13.2 Å². The summed E-state index contributed by atoms with van der Waals surface area (Å²) < 4.78 is 10.7. The Hall–Kier alpha value is -1.76. The van der Waals surface area contributed by atoms with Gasteiger partial charge in [0.2, 0.25) is 0 Å². The highest BCUT2D eigenvalue weighted by Gasteiger charge is 2.02. The van der Waals surface area contributed by atoms with Gasteiger partial charge < -0.3 is 9.47 Å². The second kappa shape index (κ2) is 7.52. The Labute approximate surface area is 96.5 Å². The zero-order valence-electron chi connectivity index (χ0n) is 9.26. The lowest BCUT2D eigenvalue weighted by Gasteiger charge is -2.11. The quantitative estimate of drug-likeness (QED) is 0.396. The first-order valence-electron chi connectivity index (χ1n) is 5.11. The molecule has 1 rings (SSSR count). The molecule has 0 aliphatic heterocycles. The summed E-state index contributed by atoms with van der Waals surface area (Å²) in [5, 5.41) is 0. The molecule has 0 saturated heterocycles. The predicted octanol–water partition coefficient (Wildman–Crippen LogP) is 3.07. The molecule has 1 atom stereocenters. The largest absolute Gasteiger partial charge is 0.483 e. The highest BCUT2D eigenvalue weighted by atomic mass is 16.5. The summed E-state index contributed by atoms with van der Waals surface area (Å²) in [5.41, 5.74) is 3.68. The molecule has 0 aromatic heterocycles. The molecule has 0 unspecified atom stereocenters. The van der Waals surface area contributed by atoms with Crippen LogP contribution in [0.5, 0.6) is 0 Å². The first-order chi connectivity index (χ1) is 7.86. The van der Waals surface area contributed by atoms with E-state index in [9.17, 15) is 0 Å². The van der Waals surface area contributed by atoms with Gasteiger partial charge in [-0.05, 0) is 11.6 Å². The zero-order valence-corrected chi connectivity index (χ0v) is 9.26. The number of benzene rings is 1. The first-order valence-corrected chi connectivity index (χ1v) is 5.11. The lowest BCUT2D eigenvalue weighted by atomic mass is 10.2. The van der Waals surface area contributed by atoms with E-state index in [1.54, 1.807) is 6.08 Å². The van der Waals surface area contributed by atoms with Gasteiger partial charge in [-0.2, -0.15) is 0 Å². The molecule has 2 nitrogen and oxygen atoms in total. The summed E-state index contributed by atoms with van der Waals surface area (Å²) in [7, 11) is 0. The number of rotatable bonds is 7. The van der Waals surface area contributed by atoms with Crippen LogP contribution in [0.1, 0.15) is 5.56 Å². The fourth-order valence-corrected chi connectivity index (χ4v) is 1.17. The van der Waals surface area contributed by atoms with E-state index in [0.29, 0.717) is 13.2 Å². The summed E-state index contributed by atoms with van der Waals surface area (Å²) in [6.45, 7) is 8.13. The lowest BCUT2D eigenvalue weighted by molar-refractivity contribution is 0.0423. The van der Waals surface area contributed by atoms with Crippen LogP contribution in [-0.2, 0) is 16.1 Å². The maximum Gasteiger partial charge on any atom is 0.140 e. The molecule has 0 radical (unpaired) electrons. The second-order valence-electron chi connectivity index (χ2n) is 3.23. The first kappa shape index (κ1) is 12.3. The molecule has 0 fully saturated rings. The normalized spacial score (nSPS) is 11.2. The maximum absolute atomic E-state index is 5.51. The third kappa shape index (κ3) is 4.65. The summed E-state index contributed by atoms with van der Waals surface area (Å²) >= 11 is 0. The second-order valence-corrected chi connectivity index (χ2v) is 3.23. The van der Waals surface area contributed by atoms with Crippen molar-refractivity contribution in [1.29, 1.82) is 0 Å². The van der Waals surface area contributed by atoms with E-state index in [-0.39, 0.29) is 6.10 Å². The Morgan fingerprint density at radius 3 is 2.69 bits per heavy atom. The van der Waals surface area contributed by atoms with Crippen LogP contribution in [-0.4, -0.2) is 12.7 Å². The molecule has 2 heteroatoms. The highest BCUT2D eigenvalue weighted by molar-refractivity contribution is 5.13. The van der Waals surface area contributed by atoms with Crippen LogP contribution in [0.3, 0.4) is 0 Å². The monoisotopic (exact) mass is 216 g/mol. The van der Waals surface area contributed by atoms with Gasteiger partial charge in [-0.15, -0.1) is 0 Å². The summed E-state index contributed by atoms with van der Waals surface area (Å²) in [5.74, 6) is 0. The Morgan fingerprint density at radius 1 is 1.31 bits per heavy atom. The standard InChI is InChI=1S/C14H16O2/c1-3-10-16-14(4-2)12-15-11-13-8-6-5-7-9-13/h4-10,14H,1-2,11-12H2/t14-/m0/s1. The zero-order chi connectivity index (χ0) is 11.6. The molecule has 1 aromatic rings. The average molecular weight is 216 g/mol. The van der Waals surface area contributed by atoms with Crippen LogP contribution in [0.15, 0.2) is 61.6 Å². The van der Waals surface area contributed by atoms with Gasteiger partial charge >= 0.3 is 0 Å². The van der Waals surface area contributed by atoms with Crippen molar-refractivity contribution in [2.45, 2.75) is 12.7 Å². The molecule has 0 saturated carbocycles. The van der Waals surface area contributed by atoms with Crippen molar-refractivity contribution in [3.8, 4) is 0 Å². The lowest BCUT2D eigenvalue weighted by Crippen LogP contribution is -2.14. The Morgan fingerprint density at radius 2 is 2.06 bits per heavy atom. The molecule has 0 N–H and O–H groups in total. The van der Waals surface area contributed by atoms with Crippen LogP contribution >= 0.6 is 0 Å². The molecular formula is C14H16O2. The summed E-state index contributed by atoms with van der Waals surface area (Å²) in [6.07, 6.45) is 2.95. The van der Waals surface area contributed by atoms with E-state index in [0.717, 1.165) is 5.56 Å². The van der Waals surface area contributed by atoms with E-state index in [1.165, 1.54) is 6.26 Å². The van der Waals surface area contributed by atoms with Crippen molar-refractivity contribution in [2.24, 2.45) is 0 Å². The smallest absolute Gasteiger partial charge is 0.140 e. The molecule has 0 aliphatic carbocycles. The Balaban J connectivity index is 2.28. The third-order valence-corrected chi connectivity index (χ3v) is 1.98. The third-order valence-electron chi connectivity index (χ3n) is 1.98. The van der Waals surface area contributed by atoms with Gasteiger partial charge in [0, 0.05) is 0 Å². The van der Waals surface area contributed by atoms with Crippen LogP contribution in [0, 0.1) is 0 Å². The van der Waals surface area contributed by atoms with Crippen molar-refractivity contribution in [3.05, 3.63) is 67.1 Å². The number of ether oxygens (including phenoxy) is 2. The van der Waals surface area contributed by atoms with Crippen LogP contribution in [0.4, 0.5) is 0 Å². The Bertz CT molecular complexity index is 350. The fraction of sp³-hybridized carbons (Fsp3) is 0.214. The van der Waals surface area contributed by atoms with Crippen molar-refractivity contribution in [2.75, 3.05) is 6.61 Å². The van der Waals surface area contributed by atoms with Gasteiger partial charge in [-0.1, -0.05) is 49.2 Å². The number of hydrogen-bond acceptors (Lipinski definition) is 2. The molecule has 0 aliphatic rings. The predicted molar refractivity (Wildman–Crippen MR) is 64.9 cm³/mol. The van der Waals surface area contributed by atoms with E-state index in [1.807, 2.05) is 30.3 Å². The SMILES string of the molecule is C=C=CO[C@@H](C=C)COCc1ccccc1. The van der Waals surface area contributed by atoms with Crippen molar-refractivity contribution in [1.82, 2.24) is 0 Å². The van der Waals surface area contributed by atoms with Crippen molar-refractivity contribution in [3.63, 3.8) is 0 Å². The molecule has 16 heavy (non-hydrogen) atoms. The van der Waals surface area contributed by atoms with Gasteiger partial charge in [-0.3, -0.25) is 0 Å². The van der Waals surface area contributed by atoms with E-state index in [2.05, 4.69) is 18.9 Å². The summed E-state index contributed by atoms with van der Waals surface area (Å²) in [4.78, 5) is 0. The minimum absolute atomic E-state index is 0.155. The highest BCUT2D eigenvalue weighted by Crippen LogP contribution is 2.02. The fourth-order valence-electron chi connectivity index (χ4n) is 1.17. The van der Waals surface area contributed by atoms with E-state index in [4.69, 9.17) is 9.47 Å². The number of hydrogen-bond donors (Lipinski definition) is 0. The molecule has 0 bridgehead atoms. The van der Waals surface area contributed by atoms with Crippen LogP contribution in [0.25, 0.3) is 0 Å². The van der Waals surface area contributed by atoms with Gasteiger partial charge in [0.15, 0.2) is 0 Å². The maximum atomic E-state index is 5.51. The molecule has 0 heterocycles. The summed E-state index contributed by atoms with van der Waals surface area (Å²) in [6, 6.07) is 10.00. The average Bonchev–Trinajstić information content (AvgIpc) is 2.35. The van der Waals surface area contributed by atoms with Crippen molar-refractivity contribution >= 4 is 0 Å². The minimum Gasteiger partial charge on any atom is -0.483 e. The van der Waals surface area contributed by atoms with Gasteiger partial charge in [0.1, 0.15) is 12.4 Å². The molecule has 0 spiro atoms. The Kier molecular flexibility index (Phi) is 5.79. The van der Waals surface area contributed by atoms with E-state index < -0.39 is 0 Å². The molecule has 84 valence electrons. The van der Waals surface area contributed by atoms with Crippen LogP contribution in [0.2, 0.25) is 0 Å². The topological polar surface area (TPSA) is 18.5 Å². The molecule has 0 amide bonds. The van der Waals surface area contributed by atoms with Gasteiger partial charge in [-0.25, -0.2) is 0 Å². The molecule has 1 aromatic carbocycles.